The van der Waals surface area contributed by atoms with Gasteiger partial charge in [0.05, 0.1) is 12.2 Å². The Bertz CT molecular complexity index is 225. The van der Waals surface area contributed by atoms with Gasteiger partial charge in [0, 0.05) is 5.92 Å². The van der Waals surface area contributed by atoms with Crippen molar-refractivity contribution < 1.29 is 10.2 Å². The highest BCUT2D eigenvalue weighted by molar-refractivity contribution is 5.03. The Balaban J connectivity index is 2.10. The van der Waals surface area contributed by atoms with Gasteiger partial charge < -0.3 is 10.2 Å². The Morgan fingerprint density at radius 2 is 1.19 bits per heavy atom. The molecule has 0 aliphatic heterocycles. The molecule has 2 aliphatic rings. The minimum atomic E-state index is -0.274. The van der Waals surface area contributed by atoms with Crippen LogP contribution in [0.1, 0.15) is 40.5 Å². The molecule has 0 amide bonds. The van der Waals surface area contributed by atoms with E-state index < -0.39 is 0 Å². The molecule has 2 aliphatic carbocycles. The van der Waals surface area contributed by atoms with Gasteiger partial charge in [-0.15, -0.1) is 0 Å². The summed E-state index contributed by atoms with van der Waals surface area (Å²) in [7, 11) is 0. The Labute approximate surface area is 99.1 Å². The van der Waals surface area contributed by atoms with Gasteiger partial charge in [-0.05, 0) is 42.4 Å². The van der Waals surface area contributed by atoms with E-state index in [9.17, 15) is 10.2 Å². The molecule has 2 rings (SSSR count). The van der Waals surface area contributed by atoms with Gasteiger partial charge in [-0.2, -0.15) is 0 Å². The third kappa shape index (κ3) is 1.80. The van der Waals surface area contributed by atoms with Crippen LogP contribution in [0.3, 0.4) is 0 Å². The van der Waals surface area contributed by atoms with Crippen LogP contribution in [-0.2, 0) is 0 Å². The second-order valence-electron chi connectivity index (χ2n) is 6.61. The van der Waals surface area contributed by atoms with Crippen LogP contribution < -0.4 is 0 Å². The van der Waals surface area contributed by atoms with Crippen molar-refractivity contribution in [2.45, 2.75) is 52.7 Å². The van der Waals surface area contributed by atoms with Crippen LogP contribution in [0.25, 0.3) is 0 Å². The Morgan fingerprint density at radius 3 is 1.44 bits per heavy atom. The van der Waals surface area contributed by atoms with E-state index in [1.54, 1.807) is 0 Å². The van der Waals surface area contributed by atoms with Crippen molar-refractivity contribution in [1.29, 1.82) is 0 Å². The minimum absolute atomic E-state index is 0.153. The third-order valence-corrected chi connectivity index (χ3v) is 5.07. The molecule has 94 valence electrons. The fourth-order valence-corrected chi connectivity index (χ4v) is 4.05. The van der Waals surface area contributed by atoms with Gasteiger partial charge in [0.1, 0.15) is 0 Å². The molecule has 16 heavy (non-hydrogen) atoms. The molecule has 0 saturated heterocycles. The Hall–Kier alpha value is -0.0800. The maximum absolute atomic E-state index is 10.3. The molecule has 2 nitrogen and oxygen atoms in total. The maximum atomic E-state index is 10.3. The molecule has 0 heterocycles. The highest BCUT2D eigenvalue weighted by atomic mass is 16.3. The first-order chi connectivity index (χ1) is 7.43. The normalized spacial score (nSPS) is 48.0. The number of fused-ring (bicyclic) bond motifs is 1. The molecular weight excluding hydrogens is 200 g/mol. The average Bonchev–Trinajstić information content (AvgIpc) is 2.66. The summed E-state index contributed by atoms with van der Waals surface area (Å²) in [6.45, 7) is 8.73. The Kier molecular flexibility index (Phi) is 3.33. The third-order valence-electron chi connectivity index (χ3n) is 5.07. The van der Waals surface area contributed by atoms with Crippen LogP contribution in [0.4, 0.5) is 0 Å². The van der Waals surface area contributed by atoms with E-state index in [0.717, 1.165) is 12.8 Å². The first-order valence-electron chi connectivity index (χ1n) is 6.79. The summed E-state index contributed by atoms with van der Waals surface area (Å²) in [4.78, 5) is 0. The smallest absolute Gasteiger partial charge is 0.0626 e. The van der Waals surface area contributed by atoms with Crippen LogP contribution >= 0.6 is 0 Å². The topological polar surface area (TPSA) is 40.5 Å². The molecule has 4 unspecified atom stereocenters. The van der Waals surface area contributed by atoms with Gasteiger partial charge in [0.2, 0.25) is 0 Å². The van der Waals surface area contributed by atoms with E-state index in [1.807, 2.05) is 0 Å². The number of aliphatic hydroxyl groups excluding tert-OH is 2. The number of hydrogen-bond donors (Lipinski definition) is 2. The van der Waals surface area contributed by atoms with Crippen molar-refractivity contribution in [3.05, 3.63) is 0 Å². The van der Waals surface area contributed by atoms with Crippen LogP contribution in [-0.4, -0.2) is 22.4 Å². The van der Waals surface area contributed by atoms with Gasteiger partial charge in [-0.25, -0.2) is 0 Å². The van der Waals surface area contributed by atoms with E-state index in [4.69, 9.17) is 0 Å². The quantitative estimate of drug-likeness (QED) is 0.758. The molecule has 2 heteroatoms. The lowest BCUT2D eigenvalue weighted by molar-refractivity contribution is -0.0106. The zero-order valence-electron chi connectivity index (χ0n) is 10.9. The van der Waals surface area contributed by atoms with Crippen molar-refractivity contribution in [2.24, 2.45) is 35.5 Å². The molecule has 0 aromatic carbocycles. The van der Waals surface area contributed by atoms with Crippen LogP contribution in [0.5, 0.6) is 0 Å². The molecule has 2 fully saturated rings. The molecule has 0 spiro atoms. The fourth-order valence-electron chi connectivity index (χ4n) is 4.05. The maximum Gasteiger partial charge on any atom is 0.0626 e. The van der Waals surface area contributed by atoms with E-state index in [0.29, 0.717) is 29.6 Å². The number of rotatable bonds is 2. The summed E-state index contributed by atoms with van der Waals surface area (Å²) in [5.41, 5.74) is 0. The molecule has 0 aromatic rings. The molecule has 0 aromatic heterocycles. The lowest BCUT2D eigenvalue weighted by Crippen LogP contribution is -2.34. The van der Waals surface area contributed by atoms with Crippen molar-refractivity contribution >= 4 is 0 Å². The first kappa shape index (κ1) is 12.4. The highest BCUT2D eigenvalue weighted by Gasteiger charge is 2.53. The van der Waals surface area contributed by atoms with Crippen LogP contribution in [0.15, 0.2) is 0 Å². The van der Waals surface area contributed by atoms with Crippen molar-refractivity contribution in [3.63, 3.8) is 0 Å². The van der Waals surface area contributed by atoms with Gasteiger partial charge in [0.25, 0.3) is 0 Å². The molecule has 0 radical (unpaired) electrons. The molecular formula is C14H26O2. The van der Waals surface area contributed by atoms with E-state index in [2.05, 4.69) is 27.7 Å². The van der Waals surface area contributed by atoms with Crippen molar-refractivity contribution in [2.75, 3.05) is 0 Å². The monoisotopic (exact) mass is 226 g/mol. The summed E-state index contributed by atoms with van der Waals surface area (Å²) >= 11 is 0. The van der Waals surface area contributed by atoms with Crippen molar-refractivity contribution in [3.8, 4) is 0 Å². The first-order valence-corrected chi connectivity index (χ1v) is 6.79. The zero-order valence-corrected chi connectivity index (χ0v) is 10.9. The lowest BCUT2D eigenvalue weighted by atomic mass is 9.84. The number of hydrogen-bond acceptors (Lipinski definition) is 2. The molecule has 2 saturated carbocycles. The van der Waals surface area contributed by atoms with Gasteiger partial charge in [-0.1, -0.05) is 27.7 Å². The van der Waals surface area contributed by atoms with Gasteiger partial charge in [-0.3, -0.25) is 0 Å². The van der Waals surface area contributed by atoms with Crippen molar-refractivity contribution in [1.82, 2.24) is 0 Å². The minimum Gasteiger partial charge on any atom is -0.392 e. The van der Waals surface area contributed by atoms with Crippen LogP contribution in [0, 0.1) is 35.5 Å². The van der Waals surface area contributed by atoms with Gasteiger partial charge in [0.15, 0.2) is 0 Å². The fraction of sp³-hybridized carbons (Fsp3) is 1.00. The lowest BCUT2D eigenvalue weighted by Gasteiger charge is -2.28. The van der Waals surface area contributed by atoms with E-state index in [-0.39, 0.29) is 18.1 Å². The molecule has 0 bridgehead atoms. The summed E-state index contributed by atoms with van der Waals surface area (Å²) < 4.78 is 0. The van der Waals surface area contributed by atoms with E-state index >= 15 is 0 Å². The summed E-state index contributed by atoms with van der Waals surface area (Å²) in [6.07, 6.45) is 1.68. The van der Waals surface area contributed by atoms with E-state index in [1.165, 1.54) is 0 Å². The summed E-state index contributed by atoms with van der Waals surface area (Å²) in [6, 6.07) is 0. The summed E-state index contributed by atoms with van der Waals surface area (Å²) in [5.74, 6) is 2.58. The number of aliphatic hydroxyl groups is 2. The predicted molar refractivity (Wildman–Crippen MR) is 64.9 cm³/mol. The second-order valence-corrected chi connectivity index (χ2v) is 6.61. The average molecular weight is 226 g/mol. The van der Waals surface area contributed by atoms with Gasteiger partial charge >= 0.3 is 0 Å². The standard InChI is InChI=1S/C14H26O2/c1-7(2)10-5-9-6-11(8(3)4)14(16)12(9)13(10)15/h7-16H,5-6H2,1-4H3/t9?,10-,11+,12?,13?,14?. The molecule has 6 atom stereocenters. The zero-order chi connectivity index (χ0) is 12.0. The summed E-state index contributed by atoms with van der Waals surface area (Å²) in [5, 5.41) is 20.7. The SMILES string of the molecule is CC(C)[C@H]1CC2C[C@@H](C(C)C)C(O)C2C1O. The second kappa shape index (κ2) is 4.30. The molecule has 2 N–H and O–H groups in total. The predicted octanol–water partition coefficient (Wildman–Crippen LogP) is 2.29. The van der Waals surface area contributed by atoms with Crippen LogP contribution in [0.2, 0.25) is 0 Å². The Morgan fingerprint density at radius 1 is 0.812 bits per heavy atom. The largest absolute Gasteiger partial charge is 0.392 e. The highest BCUT2D eigenvalue weighted by Crippen LogP contribution is 2.52.